The van der Waals surface area contributed by atoms with Crippen molar-refractivity contribution in [1.29, 1.82) is 0 Å². The summed E-state index contributed by atoms with van der Waals surface area (Å²) in [7, 11) is 1.92. The molecule has 0 aliphatic heterocycles. The van der Waals surface area contributed by atoms with Crippen LogP contribution in [-0.2, 0) is 13.6 Å². The van der Waals surface area contributed by atoms with E-state index in [1.165, 1.54) is 0 Å². The maximum Gasteiger partial charge on any atom is 0.257 e. The number of anilines is 1. The van der Waals surface area contributed by atoms with Crippen LogP contribution in [0.3, 0.4) is 0 Å². The van der Waals surface area contributed by atoms with Gasteiger partial charge in [-0.1, -0.05) is 35.4 Å². The topological polar surface area (TPSA) is 71.3 Å². The molecule has 0 aliphatic rings. The van der Waals surface area contributed by atoms with Crippen molar-refractivity contribution in [2.45, 2.75) is 41.2 Å². The fraction of sp³-hybridized carbons (Fsp3) is 0.292. The number of carbonyl (C=O) groups excluding carboxylic acids is 1. The fourth-order valence-corrected chi connectivity index (χ4v) is 3.44. The molecule has 0 bridgehead atoms. The second-order valence-electron chi connectivity index (χ2n) is 7.71. The number of rotatable bonds is 4. The van der Waals surface area contributed by atoms with Gasteiger partial charge in [0.05, 0.1) is 12.2 Å². The van der Waals surface area contributed by atoms with Crippen LogP contribution in [0.4, 0.5) is 5.69 Å². The standard InChI is InChI=1S/C24H29N5O/c1-15-11-16(2)13-20(12-15)23(30)27-24(26-22-10-8-7-9-17(22)3)25-14-21-18(4)28-29(6)19(21)5/h7-13H,14H2,1-6H3,(H2,25,26,27,30). The minimum atomic E-state index is -0.193. The molecule has 30 heavy (non-hydrogen) atoms. The Kier molecular flexibility index (Phi) is 6.35. The zero-order valence-corrected chi connectivity index (χ0v) is 18.5. The summed E-state index contributed by atoms with van der Waals surface area (Å²) in [6.45, 7) is 10.4. The molecular weight excluding hydrogens is 374 g/mol. The van der Waals surface area contributed by atoms with Crippen LogP contribution in [0.2, 0.25) is 0 Å². The molecule has 0 atom stereocenters. The van der Waals surface area contributed by atoms with Crippen molar-refractivity contribution in [2.75, 3.05) is 5.32 Å². The van der Waals surface area contributed by atoms with Crippen molar-refractivity contribution < 1.29 is 4.79 Å². The zero-order chi connectivity index (χ0) is 21.8. The molecule has 0 spiro atoms. The lowest BCUT2D eigenvalue weighted by molar-refractivity contribution is 0.0976. The molecule has 1 heterocycles. The van der Waals surface area contributed by atoms with Crippen LogP contribution in [0, 0.1) is 34.6 Å². The summed E-state index contributed by atoms with van der Waals surface area (Å²) < 4.78 is 1.85. The van der Waals surface area contributed by atoms with Gasteiger partial charge in [-0.15, -0.1) is 0 Å². The van der Waals surface area contributed by atoms with Gasteiger partial charge >= 0.3 is 0 Å². The largest absolute Gasteiger partial charge is 0.326 e. The van der Waals surface area contributed by atoms with Gasteiger partial charge in [0.1, 0.15) is 0 Å². The number of nitrogens with zero attached hydrogens (tertiary/aromatic N) is 3. The minimum absolute atomic E-state index is 0.193. The van der Waals surface area contributed by atoms with Gasteiger partial charge in [0, 0.05) is 29.6 Å². The van der Waals surface area contributed by atoms with Crippen molar-refractivity contribution in [3.63, 3.8) is 0 Å². The van der Waals surface area contributed by atoms with Gasteiger partial charge in [-0.2, -0.15) is 5.10 Å². The number of guanidine groups is 1. The average Bonchev–Trinajstić information content (AvgIpc) is 2.92. The van der Waals surface area contributed by atoms with E-state index in [-0.39, 0.29) is 5.91 Å². The van der Waals surface area contributed by atoms with Crippen LogP contribution in [0.25, 0.3) is 0 Å². The lowest BCUT2D eigenvalue weighted by Crippen LogP contribution is -2.36. The SMILES string of the molecule is Cc1cc(C)cc(C(=O)NC(=NCc2c(C)nn(C)c2C)Nc2ccccc2C)c1. The van der Waals surface area contributed by atoms with E-state index in [2.05, 4.69) is 15.7 Å². The molecule has 0 fully saturated rings. The monoisotopic (exact) mass is 403 g/mol. The zero-order valence-electron chi connectivity index (χ0n) is 18.5. The Morgan fingerprint density at radius 3 is 2.30 bits per heavy atom. The Bertz CT molecular complexity index is 1090. The lowest BCUT2D eigenvalue weighted by atomic mass is 10.1. The third kappa shape index (κ3) is 4.95. The molecule has 156 valence electrons. The quantitative estimate of drug-likeness (QED) is 0.502. The Morgan fingerprint density at radius 1 is 1.03 bits per heavy atom. The predicted octanol–water partition coefficient (Wildman–Crippen LogP) is 4.36. The summed E-state index contributed by atoms with van der Waals surface area (Å²) in [4.78, 5) is 17.6. The molecule has 3 rings (SSSR count). The summed E-state index contributed by atoms with van der Waals surface area (Å²) >= 11 is 0. The number of hydrogen-bond donors (Lipinski definition) is 2. The first-order valence-corrected chi connectivity index (χ1v) is 10.0. The Labute approximate surface area is 178 Å². The highest BCUT2D eigenvalue weighted by molar-refractivity contribution is 6.10. The van der Waals surface area contributed by atoms with E-state index >= 15 is 0 Å². The van der Waals surface area contributed by atoms with E-state index in [1.807, 2.05) is 88.8 Å². The molecule has 0 aliphatic carbocycles. The average molecular weight is 404 g/mol. The van der Waals surface area contributed by atoms with Crippen LogP contribution < -0.4 is 10.6 Å². The van der Waals surface area contributed by atoms with Gasteiger partial charge < -0.3 is 5.32 Å². The third-order valence-electron chi connectivity index (χ3n) is 5.17. The van der Waals surface area contributed by atoms with Crippen LogP contribution in [-0.4, -0.2) is 21.6 Å². The van der Waals surface area contributed by atoms with Gasteiger partial charge in [0.2, 0.25) is 5.96 Å². The molecule has 1 amide bonds. The van der Waals surface area contributed by atoms with Crippen molar-refractivity contribution in [3.8, 4) is 0 Å². The summed E-state index contributed by atoms with van der Waals surface area (Å²) in [6.07, 6.45) is 0. The summed E-state index contributed by atoms with van der Waals surface area (Å²) in [6, 6.07) is 13.7. The predicted molar refractivity (Wildman–Crippen MR) is 122 cm³/mol. The summed E-state index contributed by atoms with van der Waals surface area (Å²) in [5, 5.41) is 10.7. The first-order valence-electron chi connectivity index (χ1n) is 10.0. The van der Waals surface area contributed by atoms with Crippen LogP contribution >= 0.6 is 0 Å². The van der Waals surface area contributed by atoms with Crippen LogP contribution in [0.5, 0.6) is 0 Å². The smallest absolute Gasteiger partial charge is 0.257 e. The third-order valence-corrected chi connectivity index (χ3v) is 5.17. The van der Waals surface area contributed by atoms with E-state index in [4.69, 9.17) is 4.99 Å². The summed E-state index contributed by atoms with van der Waals surface area (Å²) in [5.74, 6) is 0.220. The fourth-order valence-electron chi connectivity index (χ4n) is 3.44. The molecule has 0 radical (unpaired) electrons. The number of hydrogen-bond acceptors (Lipinski definition) is 3. The van der Waals surface area contributed by atoms with Gasteiger partial charge in [0.15, 0.2) is 0 Å². The molecule has 0 saturated heterocycles. The minimum Gasteiger partial charge on any atom is -0.326 e. The highest BCUT2D eigenvalue weighted by atomic mass is 16.1. The normalized spacial score (nSPS) is 11.5. The number of aryl methyl sites for hydroxylation is 5. The van der Waals surface area contributed by atoms with Gasteiger partial charge in [0.25, 0.3) is 5.91 Å². The van der Waals surface area contributed by atoms with E-state index in [9.17, 15) is 4.79 Å². The second-order valence-corrected chi connectivity index (χ2v) is 7.71. The van der Waals surface area contributed by atoms with Crippen molar-refractivity contribution in [1.82, 2.24) is 15.1 Å². The van der Waals surface area contributed by atoms with Crippen molar-refractivity contribution in [2.24, 2.45) is 12.0 Å². The first kappa shape index (κ1) is 21.3. The number of aromatic nitrogens is 2. The molecule has 2 aromatic carbocycles. The van der Waals surface area contributed by atoms with Crippen LogP contribution in [0.1, 0.15) is 44.0 Å². The highest BCUT2D eigenvalue weighted by Crippen LogP contribution is 2.16. The Morgan fingerprint density at radius 2 is 1.70 bits per heavy atom. The molecular formula is C24H29N5O. The Balaban J connectivity index is 1.90. The van der Waals surface area contributed by atoms with Crippen molar-refractivity contribution in [3.05, 3.63) is 81.7 Å². The number of nitrogens with one attached hydrogen (secondary N) is 2. The molecule has 3 aromatic rings. The van der Waals surface area contributed by atoms with Gasteiger partial charge in [-0.3, -0.25) is 14.8 Å². The number of carbonyl (C=O) groups is 1. The number of para-hydroxylation sites is 1. The van der Waals surface area contributed by atoms with Crippen LogP contribution in [0.15, 0.2) is 47.5 Å². The first-order chi connectivity index (χ1) is 14.2. The molecule has 6 heteroatoms. The van der Waals surface area contributed by atoms with Gasteiger partial charge in [-0.25, -0.2) is 4.99 Å². The lowest BCUT2D eigenvalue weighted by Gasteiger charge is -2.14. The summed E-state index contributed by atoms with van der Waals surface area (Å²) in [5.41, 5.74) is 7.74. The van der Waals surface area contributed by atoms with E-state index in [0.717, 1.165) is 39.3 Å². The van der Waals surface area contributed by atoms with E-state index in [0.29, 0.717) is 18.1 Å². The maximum atomic E-state index is 12.9. The number of aliphatic imine (C=N–C) groups is 1. The van der Waals surface area contributed by atoms with E-state index < -0.39 is 0 Å². The number of amides is 1. The van der Waals surface area contributed by atoms with E-state index in [1.54, 1.807) is 0 Å². The molecule has 1 aromatic heterocycles. The molecule has 2 N–H and O–H groups in total. The number of benzene rings is 2. The second kappa shape index (κ2) is 8.95. The van der Waals surface area contributed by atoms with Crippen molar-refractivity contribution >= 4 is 17.6 Å². The maximum absolute atomic E-state index is 12.9. The highest BCUT2D eigenvalue weighted by Gasteiger charge is 2.13. The molecule has 0 unspecified atom stereocenters. The van der Waals surface area contributed by atoms with Gasteiger partial charge in [-0.05, 0) is 58.4 Å². The molecule has 6 nitrogen and oxygen atoms in total. The molecule has 0 saturated carbocycles. The Hall–Kier alpha value is -3.41.